The lowest BCUT2D eigenvalue weighted by atomic mass is 10.0. The van der Waals surface area contributed by atoms with Crippen LogP contribution in [0.4, 0.5) is 4.79 Å². The van der Waals surface area contributed by atoms with Gasteiger partial charge in [-0.1, -0.05) is 13.8 Å². The highest BCUT2D eigenvalue weighted by Crippen LogP contribution is 2.09. The second-order valence-corrected chi connectivity index (χ2v) is 5.02. The van der Waals surface area contributed by atoms with Crippen LogP contribution in [-0.2, 0) is 9.53 Å². The third kappa shape index (κ3) is 3.87. The van der Waals surface area contributed by atoms with Crippen LogP contribution in [-0.4, -0.2) is 61.1 Å². The lowest BCUT2D eigenvalue weighted by molar-refractivity contribution is -0.134. The van der Waals surface area contributed by atoms with Crippen LogP contribution >= 0.6 is 0 Å². The Morgan fingerprint density at radius 1 is 1.17 bits per heavy atom. The first-order valence-electron chi connectivity index (χ1n) is 6.33. The summed E-state index contributed by atoms with van der Waals surface area (Å²) in [6, 6.07) is -0.435. The lowest BCUT2D eigenvalue weighted by Gasteiger charge is -2.35. The Morgan fingerprint density at radius 2 is 1.67 bits per heavy atom. The van der Waals surface area contributed by atoms with E-state index in [2.05, 4.69) is 4.74 Å². The summed E-state index contributed by atoms with van der Waals surface area (Å²) in [4.78, 5) is 26.7. The molecule has 1 fully saturated rings. The minimum Gasteiger partial charge on any atom is -0.453 e. The first-order chi connectivity index (χ1) is 8.45. The normalized spacial score (nSPS) is 17.8. The second kappa shape index (κ2) is 6.58. The predicted octanol–water partition coefficient (Wildman–Crippen LogP) is 0.270. The third-order valence-electron chi connectivity index (χ3n) is 3.07. The molecule has 1 heterocycles. The zero-order valence-corrected chi connectivity index (χ0v) is 11.4. The van der Waals surface area contributed by atoms with Gasteiger partial charge in [-0.25, -0.2) is 4.79 Å². The van der Waals surface area contributed by atoms with Crippen molar-refractivity contribution < 1.29 is 14.3 Å². The number of piperazine rings is 1. The van der Waals surface area contributed by atoms with E-state index in [-0.39, 0.29) is 12.0 Å². The molecule has 0 spiro atoms. The topological polar surface area (TPSA) is 75.9 Å². The van der Waals surface area contributed by atoms with Gasteiger partial charge >= 0.3 is 6.09 Å². The van der Waals surface area contributed by atoms with Crippen LogP contribution in [0.3, 0.4) is 0 Å². The van der Waals surface area contributed by atoms with Gasteiger partial charge in [0.05, 0.1) is 13.2 Å². The molecule has 2 N–H and O–H groups in total. The molecule has 6 heteroatoms. The van der Waals surface area contributed by atoms with Gasteiger partial charge in [-0.05, 0) is 12.3 Å². The van der Waals surface area contributed by atoms with Gasteiger partial charge < -0.3 is 20.3 Å². The number of methoxy groups -OCH3 is 1. The van der Waals surface area contributed by atoms with Crippen molar-refractivity contribution in [3.8, 4) is 0 Å². The SMILES string of the molecule is COC(=O)N1CCN(C(=O)C(N)CC(C)C)CC1. The second-order valence-electron chi connectivity index (χ2n) is 5.02. The molecular formula is C12H23N3O3. The first kappa shape index (κ1) is 14.8. The molecule has 0 saturated carbocycles. The zero-order chi connectivity index (χ0) is 13.7. The number of ether oxygens (including phenoxy) is 1. The number of carbonyl (C=O) groups is 2. The van der Waals surface area contributed by atoms with Gasteiger partial charge in [0.25, 0.3) is 0 Å². The molecule has 0 aromatic carbocycles. The van der Waals surface area contributed by atoms with Gasteiger partial charge in [-0.15, -0.1) is 0 Å². The van der Waals surface area contributed by atoms with Crippen LogP contribution in [0.15, 0.2) is 0 Å². The van der Waals surface area contributed by atoms with Crippen molar-refractivity contribution in [1.29, 1.82) is 0 Å². The summed E-state index contributed by atoms with van der Waals surface area (Å²) < 4.78 is 4.64. The maximum absolute atomic E-state index is 12.0. The predicted molar refractivity (Wildman–Crippen MR) is 68.0 cm³/mol. The molecule has 1 aliphatic heterocycles. The van der Waals surface area contributed by atoms with E-state index in [1.54, 1.807) is 9.80 Å². The number of carbonyl (C=O) groups excluding carboxylic acids is 2. The number of nitrogens with zero attached hydrogens (tertiary/aromatic N) is 2. The molecule has 1 saturated heterocycles. The van der Waals surface area contributed by atoms with Gasteiger partial charge in [0.1, 0.15) is 0 Å². The monoisotopic (exact) mass is 257 g/mol. The van der Waals surface area contributed by atoms with E-state index in [1.807, 2.05) is 13.8 Å². The Hall–Kier alpha value is -1.30. The maximum Gasteiger partial charge on any atom is 0.409 e. The summed E-state index contributed by atoms with van der Waals surface area (Å²) in [6.07, 6.45) is 0.351. The van der Waals surface area contributed by atoms with E-state index in [0.29, 0.717) is 38.5 Å². The minimum atomic E-state index is -0.435. The highest BCUT2D eigenvalue weighted by Gasteiger charge is 2.27. The smallest absolute Gasteiger partial charge is 0.409 e. The largest absolute Gasteiger partial charge is 0.453 e. The molecule has 2 amide bonds. The Morgan fingerprint density at radius 3 is 2.11 bits per heavy atom. The fourth-order valence-electron chi connectivity index (χ4n) is 2.08. The molecular weight excluding hydrogens is 234 g/mol. The van der Waals surface area contributed by atoms with E-state index in [9.17, 15) is 9.59 Å². The average Bonchev–Trinajstić information content (AvgIpc) is 2.36. The zero-order valence-electron chi connectivity index (χ0n) is 11.4. The molecule has 0 aromatic rings. The molecule has 0 aliphatic carbocycles. The quantitative estimate of drug-likeness (QED) is 0.787. The van der Waals surface area contributed by atoms with Crippen molar-refractivity contribution in [1.82, 2.24) is 9.80 Å². The van der Waals surface area contributed by atoms with Crippen molar-refractivity contribution in [2.45, 2.75) is 26.3 Å². The molecule has 104 valence electrons. The summed E-state index contributed by atoms with van der Waals surface area (Å²) in [7, 11) is 1.36. The van der Waals surface area contributed by atoms with Crippen molar-refractivity contribution in [2.75, 3.05) is 33.3 Å². The Kier molecular flexibility index (Phi) is 5.40. The van der Waals surface area contributed by atoms with Gasteiger partial charge in [0, 0.05) is 26.2 Å². The summed E-state index contributed by atoms with van der Waals surface area (Å²) in [5.74, 6) is 0.383. The summed E-state index contributed by atoms with van der Waals surface area (Å²) in [5, 5.41) is 0. The molecule has 1 rings (SSSR count). The van der Waals surface area contributed by atoms with Crippen LogP contribution in [0.25, 0.3) is 0 Å². The number of amides is 2. The number of hydrogen-bond donors (Lipinski definition) is 1. The fraction of sp³-hybridized carbons (Fsp3) is 0.833. The van der Waals surface area contributed by atoms with Crippen LogP contribution in [0.1, 0.15) is 20.3 Å². The molecule has 6 nitrogen and oxygen atoms in total. The van der Waals surface area contributed by atoms with Crippen molar-refractivity contribution in [2.24, 2.45) is 11.7 Å². The Bertz CT molecular complexity index is 299. The minimum absolute atomic E-state index is 0.0202. The first-order valence-corrected chi connectivity index (χ1v) is 6.33. The number of hydrogen-bond acceptors (Lipinski definition) is 4. The van der Waals surface area contributed by atoms with Crippen LogP contribution in [0, 0.1) is 5.92 Å². The molecule has 1 aliphatic rings. The van der Waals surface area contributed by atoms with Crippen LogP contribution in [0.2, 0.25) is 0 Å². The van der Waals surface area contributed by atoms with Crippen molar-refractivity contribution in [3.63, 3.8) is 0 Å². The standard InChI is InChI=1S/C12H23N3O3/c1-9(2)8-10(13)11(16)14-4-6-15(7-5-14)12(17)18-3/h9-10H,4-8,13H2,1-3H3. The number of rotatable bonds is 3. The van der Waals surface area contributed by atoms with Gasteiger partial charge in [-0.2, -0.15) is 0 Å². The highest BCUT2D eigenvalue weighted by molar-refractivity contribution is 5.82. The van der Waals surface area contributed by atoms with Crippen molar-refractivity contribution >= 4 is 12.0 Å². The Labute approximate surface area is 108 Å². The Balaban J connectivity index is 2.42. The van der Waals surface area contributed by atoms with E-state index < -0.39 is 6.04 Å². The molecule has 1 atom stereocenters. The van der Waals surface area contributed by atoms with Gasteiger partial charge in [0.2, 0.25) is 5.91 Å². The highest BCUT2D eigenvalue weighted by atomic mass is 16.5. The fourth-order valence-corrected chi connectivity index (χ4v) is 2.08. The summed E-state index contributed by atoms with van der Waals surface area (Å²) in [6.45, 7) is 6.16. The molecule has 0 radical (unpaired) electrons. The van der Waals surface area contributed by atoms with Crippen molar-refractivity contribution in [3.05, 3.63) is 0 Å². The van der Waals surface area contributed by atoms with E-state index in [4.69, 9.17) is 5.73 Å². The van der Waals surface area contributed by atoms with E-state index in [1.165, 1.54) is 7.11 Å². The number of nitrogens with two attached hydrogens (primary N) is 1. The van der Waals surface area contributed by atoms with E-state index >= 15 is 0 Å². The maximum atomic E-state index is 12.0. The van der Waals surface area contributed by atoms with Crippen LogP contribution in [0.5, 0.6) is 0 Å². The van der Waals surface area contributed by atoms with Gasteiger partial charge in [0.15, 0.2) is 0 Å². The molecule has 18 heavy (non-hydrogen) atoms. The summed E-state index contributed by atoms with van der Waals surface area (Å²) >= 11 is 0. The van der Waals surface area contributed by atoms with E-state index in [0.717, 1.165) is 0 Å². The van der Waals surface area contributed by atoms with Gasteiger partial charge in [-0.3, -0.25) is 4.79 Å². The molecule has 1 unspecified atom stereocenters. The third-order valence-corrected chi connectivity index (χ3v) is 3.07. The molecule has 0 bridgehead atoms. The lowest BCUT2D eigenvalue weighted by Crippen LogP contribution is -2.54. The molecule has 0 aromatic heterocycles. The van der Waals surface area contributed by atoms with Crippen LogP contribution < -0.4 is 5.73 Å². The average molecular weight is 257 g/mol. The summed E-state index contributed by atoms with van der Waals surface area (Å²) in [5.41, 5.74) is 5.87.